The number of likely N-dealkylation sites (N-methyl/N-ethyl adjacent to an activating group) is 1. The van der Waals surface area contributed by atoms with Gasteiger partial charge in [0.2, 0.25) is 5.91 Å². The number of aliphatic hydroxyl groups is 2. The monoisotopic (exact) mass is 773 g/mol. The van der Waals surface area contributed by atoms with E-state index in [-0.39, 0.29) is 24.8 Å². The van der Waals surface area contributed by atoms with E-state index in [1.807, 2.05) is 12.2 Å². The second-order valence-corrected chi connectivity index (χ2v) is 15.9. The van der Waals surface area contributed by atoms with Gasteiger partial charge in [0.1, 0.15) is 37.3 Å². The molecule has 0 aromatic carbocycles. The fourth-order valence-corrected chi connectivity index (χ4v) is 6.57. The van der Waals surface area contributed by atoms with Crippen LogP contribution in [-0.4, -0.2) is 99.2 Å². The molecule has 2 rings (SSSR count). The van der Waals surface area contributed by atoms with Crippen LogP contribution in [0.1, 0.15) is 64.5 Å². The summed E-state index contributed by atoms with van der Waals surface area (Å²) >= 11 is 0. The molecule has 1 aliphatic rings. The molecule has 1 saturated heterocycles. The molecule has 0 aliphatic carbocycles. The summed E-state index contributed by atoms with van der Waals surface area (Å²) in [5, 5.41) is 23.5. The molecule has 1 aromatic heterocycles. The van der Waals surface area contributed by atoms with E-state index in [4.69, 9.17) is 13.8 Å². The summed E-state index contributed by atoms with van der Waals surface area (Å²) in [7, 11) is -4.77. The van der Waals surface area contributed by atoms with Crippen molar-refractivity contribution in [3.63, 3.8) is 0 Å². The number of hydrogen-bond acceptors (Lipinski definition) is 11. The van der Waals surface area contributed by atoms with Crippen molar-refractivity contribution in [2.75, 3.05) is 46.2 Å². The van der Waals surface area contributed by atoms with Crippen LogP contribution in [0.3, 0.4) is 0 Å². The number of nitrogens with zero attached hydrogens (tertiary/aromatic N) is 3. The Balaban J connectivity index is 1.74. The molecule has 0 radical (unpaired) electrons. The molecule has 0 saturated carbocycles. The quantitative estimate of drug-likeness (QED) is 0.0418. The number of anilines is 1. The van der Waals surface area contributed by atoms with Crippen LogP contribution in [0.15, 0.2) is 77.8 Å². The van der Waals surface area contributed by atoms with Crippen LogP contribution < -0.4 is 11.0 Å². The molecule has 1 fully saturated rings. The van der Waals surface area contributed by atoms with Gasteiger partial charge in [-0.05, 0) is 51.0 Å². The van der Waals surface area contributed by atoms with Crippen LogP contribution in [0.2, 0.25) is 0 Å². The van der Waals surface area contributed by atoms with Crippen LogP contribution in [0.5, 0.6) is 0 Å². The second kappa shape index (κ2) is 23.0. The molecule has 1 amide bonds. The number of nitrogens with one attached hydrogen (secondary N) is 1. The lowest BCUT2D eigenvalue weighted by Gasteiger charge is -2.24. The van der Waals surface area contributed by atoms with Gasteiger partial charge < -0.3 is 34.5 Å². The highest BCUT2D eigenvalue weighted by molar-refractivity contribution is 7.61. The van der Waals surface area contributed by atoms with E-state index in [0.717, 1.165) is 36.7 Å². The molecule has 52 heavy (non-hydrogen) atoms. The number of unbranched alkanes of at least 4 members (excludes halogenated alkanes) is 1. The van der Waals surface area contributed by atoms with Crippen molar-refractivity contribution in [2.24, 2.45) is 0 Å². The summed E-state index contributed by atoms with van der Waals surface area (Å²) < 4.78 is 44.7. The molecule has 1 aromatic rings. The molecule has 4 unspecified atom stereocenters. The molecule has 1 aliphatic heterocycles. The number of ether oxygens (including phenoxy) is 1. The number of carbonyl (C=O) groups excluding carboxylic acids is 1. The van der Waals surface area contributed by atoms with E-state index in [2.05, 4.69) is 70.1 Å². The van der Waals surface area contributed by atoms with Gasteiger partial charge in [0, 0.05) is 12.6 Å². The number of phosphoric acid groups is 2. The van der Waals surface area contributed by atoms with Gasteiger partial charge >= 0.3 is 21.3 Å². The molecular weight excluding hydrogens is 718 g/mol. The minimum Gasteiger partial charge on any atom is -0.387 e. The first kappa shape index (κ1) is 45.3. The predicted molar refractivity (Wildman–Crippen MR) is 197 cm³/mol. The van der Waals surface area contributed by atoms with Gasteiger partial charge in [-0.25, -0.2) is 13.9 Å². The zero-order valence-corrected chi connectivity index (χ0v) is 32.1. The maximum absolute atomic E-state index is 12.7. The van der Waals surface area contributed by atoms with Crippen molar-refractivity contribution >= 4 is 27.4 Å². The lowest BCUT2D eigenvalue weighted by molar-refractivity contribution is -0.870. The number of phosphoric ester groups is 2. The van der Waals surface area contributed by atoms with Gasteiger partial charge in [0.15, 0.2) is 6.23 Å². The summed E-state index contributed by atoms with van der Waals surface area (Å²) in [5.41, 5.74) is -0.919. The number of rotatable bonds is 24. The first-order valence-electron chi connectivity index (χ1n) is 17.2. The molecule has 16 nitrogen and oxygen atoms in total. The van der Waals surface area contributed by atoms with Crippen LogP contribution >= 0.6 is 15.6 Å². The molecule has 292 valence electrons. The SMILES string of the molecule is CC/C=C/C/C=C/C/C=C/C/C=C/C/C=C/CCCC(=O)Nc1ccn(C2OC(COP(=O)(O)OP(=O)(O)OCC[N+](C)(C)C)[C@@H](O)[C@H]2O)c(=O)n1. The average Bonchev–Trinajstić information content (AvgIpc) is 3.32. The molecule has 0 bridgehead atoms. The van der Waals surface area contributed by atoms with Crippen LogP contribution in [-0.2, 0) is 32.0 Å². The normalized spacial score (nSPS) is 22.3. The summed E-state index contributed by atoms with van der Waals surface area (Å²) in [6.07, 6.45) is 22.1. The highest BCUT2D eigenvalue weighted by atomic mass is 31.3. The van der Waals surface area contributed by atoms with Gasteiger partial charge in [0.05, 0.1) is 27.7 Å². The third kappa shape index (κ3) is 18.8. The Bertz CT molecular complexity index is 1550. The predicted octanol–water partition coefficient (Wildman–Crippen LogP) is 4.68. The van der Waals surface area contributed by atoms with E-state index in [1.54, 1.807) is 21.1 Å². The van der Waals surface area contributed by atoms with Gasteiger partial charge in [0.25, 0.3) is 0 Å². The highest BCUT2D eigenvalue weighted by Crippen LogP contribution is 2.60. The first-order chi connectivity index (χ1) is 24.5. The number of aliphatic hydroxyl groups excluding tert-OH is 2. The van der Waals surface area contributed by atoms with E-state index in [1.165, 1.54) is 12.3 Å². The van der Waals surface area contributed by atoms with Crippen molar-refractivity contribution in [3.8, 4) is 0 Å². The van der Waals surface area contributed by atoms with Crippen LogP contribution in [0.25, 0.3) is 0 Å². The molecule has 2 heterocycles. The van der Waals surface area contributed by atoms with Crippen LogP contribution in [0.4, 0.5) is 5.82 Å². The minimum absolute atomic E-state index is 0.0236. The third-order valence-electron chi connectivity index (χ3n) is 7.27. The standard InChI is InChI=1S/C34H54N4O12P2/c1-5-6-7-8-9-10-11-12-13-14-15-16-17-18-19-20-21-22-30(39)35-29-23-24-37(34(42)36-29)33-32(41)31(40)28(49-33)27-48-52(45,46)50-51(43,44)47-26-25-38(2,3)4/h6-7,9-10,12-13,15-16,18-19,23-24,28,31-33,40-41H,5,8,11,14,17,20-22,25-27H2,1-4H3,(H2-,35,36,39,42,43,44,45,46)/p+1/b7-6+,10-9+,13-12+,16-15+,19-18+/t28?,31-,32-,33?/m1/s1. The van der Waals surface area contributed by atoms with Crippen molar-refractivity contribution in [2.45, 2.75) is 82.8 Å². The van der Waals surface area contributed by atoms with Crippen molar-refractivity contribution in [3.05, 3.63) is 83.5 Å². The van der Waals surface area contributed by atoms with Gasteiger partial charge in [-0.1, -0.05) is 67.7 Å². The van der Waals surface area contributed by atoms with E-state index < -0.39 is 52.5 Å². The maximum atomic E-state index is 12.7. The molecule has 6 atom stereocenters. The smallest absolute Gasteiger partial charge is 0.387 e. The van der Waals surface area contributed by atoms with Crippen molar-refractivity contribution < 1.29 is 56.5 Å². The lowest BCUT2D eigenvalue weighted by Crippen LogP contribution is -2.37. The zero-order valence-electron chi connectivity index (χ0n) is 30.3. The van der Waals surface area contributed by atoms with Crippen molar-refractivity contribution in [1.82, 2.24) is 9.55 Å². The second-order valence-electron chi connectivity index (χ2n) is 12.9. The lowest BCUT2D eigenvalue weighted by atomic mass is 10.1. The summed E-state index contributed by atoms with van der Waals surface area (Å²) in [6.45, 7) is 1.29. The van der Waals surface area contributed by atoms with Crippen LogP contribution in [0, 0.1) is 0 Å². The Morgan fingerprint density at radius 3 is 2.04 bits per heavy atom. The van der Waals surface area contributed by atoms with Gasteiger partial charge in [-0.3, -0.25) is 18.4 Å². The summed E-state index contributed by atoms with van der Waals surface area (Å²) in [4.78, 5) is 48.6. The molecule has 18 heteroatoms. The Hall–Kier alpha value is -2.85. The number of carbonyl (C=O) groups is 1. The maximum Gasteiger partial charge on any atom is 0.481 e. The van der Waals surface area contributed by atoms with Crippen molar-refractivity contribution in [1.29, 1.82) is 0 Å². The fraction of sp³-hybridized carbons (Fsp3) is 0.559. The number of amides is 1. The van der Waals surface area contributed by atoms with Gasteiger partial charge in [-0.2, -0.15) is 9.29 Å². The van der Waals surface area contributed by atoms with E-state index in [9.17, 15) is 38.7 Å². The Labute approximate surface area is 305 Å². The summed E-state index contributed by atoms with van der Waals surface area (Å²) in [6, 6.07) is 1.31. The largest absolute Gasteiger partial charge is 0.481 e. The minimum atomic E-state index is -5.19. The zero-order chi connectivity index (χ0) is 38.6. The number of aromatic nitrogens is 2. The third-order valence-corrected chi connectivity index (χ3v) is 9.90. The number of hydrogen-bond donors (Lipinski definition) is 5. The number of allylic oxidation sites excluding steroid dienone is 10. The Morgan fingerprint density at radius 2 is 1.48 bits per heavy atom. The summed E-state index contributed by atoms with van der Waals surface area (Å²) in [5.74, 6) is -0.367. The Kier molecular flexibility index (Phi) is 20.1. The highest BCUT2D eigenvalue weighted by Gasteiger charge is 2.46. The van der Waals surface area contributed by atoms with E-state index in [0.29, 0.717) is 23.9 Å². The van der Waals surface area contributed by atoms with Gasteiger partial charge in [-0.15, -0.1) is 0 Å². The average molecular weight is 774 g/mol. The molecule has 5 N–H and O–H groups in total. The first-order valence-corrected chi connectivity index (χ1v) is 20.1. The Morgan fingerprint density at radius 1 is 0.923 bits per heavy atom. The molecule has 0 spiro atoms. The fourth-order valence-electron chi connectivity index (χ4n) is 4.50. The topological polar surface area (TPSA) is 216 Å². The van der Waals surface area contributed by atoms with E-state index >= 15 is 0 Å². The molecular formula is C34H55N4O12P2+. The number of quaternary nitrogens is 1.